The SMILES string of the molecule is CC(O)CN(C(=O)c1cc(C(C)C)nn1C)C(C)C. The Balaban J connectivity index is 3.02. The lowest BCUT2D eigenvalue weighted by Gasteiger charge is -2.27. The van der Waals surface area contributed by atoms with Gasteiger partial charge >= 0.3 is 0 Å². The summed E-state index contributed by atoms with van der Waals surface area (Å²) >= 11 is 0. The first-order valence-electron chi connectivity index (χ1n) is 6.77. The van der Waals surface area contributed by atoms with Crippen LogP contribution in [-0.4, -0.2) is 44.4 Å². The molecule has 1 aromatic heterocycles. The Labute approximate surface area is 115 Å². The molecule has 0 aliphatic carbocycles. The molecule has 0 radical (unpaired) electrons. The van der Waals surface area contributed by atoms with Gasteiger partial charge in [-0.25, -0.2) is 0 Å². The number of rotatable bonds is 5. The summed E-state index contributed by atoms with van der Waals surface area (Å²) in [7, 11) is 1.78. The summed E-state index contributed by atoms with van der Waals surface area (Å²) in [6, 6.07) is 1.88. The van der Waals surface area contributed by atoms with Gasteiger partial charge in [0.25, 0.3) is 5.91 Å². The lowest BCUT2D eigenvalue weighted by atomic mass is 10.1. The number of aliphatic hydroxyl groups excluding tert-OH is 1. The van der Waals surface area contributed by atoms with Gasteiger partial charge in [0.05, 0.1) is 11.8 Å². The fourth-order valence-corrected chi connectivity index (χ4v) is 1.93. The zero-order chi connectivity index (χ0) is 14.7. The van der Waals surface area contributed by atoms with Gasteiger partial charge in [-0.1, -0.05) is 13.8 Å². The van der Waals surface area contributed by atoms with Gasteiger partial charge in [-0.05, 0) is 32.8 Å². The predicted octanol–water partition coefficient (Wildman–Crippen LogP) is 1.77. The number of aryl methyl sites for hydroxylation is 1. The maximum absolute atomic E-state index is 12.5. The van der Waals surface area contributed by atoms with Crippen LogP contribution in [0.5, 0.6) is 0 Å². The van der Waals surface area contributed by atoms with Crippen LogP contribution in [0.25, 0.3) is 0 Å². The van der Waals surface area contributed by atoms with Crippen LogP contribution in [-0.2, 0) is 7.05 Å². The normalized spacial score (nSPS) is 13.1. The van der Waals surface area contributed by atoms with E-state index in [-0.39, 0.29) is 17.9 Å². The molecular formula is C14H25N3O2. The quantitative estimate of drug-likeness (QED) is 0.884. The topological polar surface area (TPSA) is 58.4 Å². The van der Waals surface area contributed by atoms with Gasteiger partial charge in [-0.15, -0.1) is 0 Å². The molecule has 1 aromatic rings. The van der Waals surface area contributed by atoms with Crippen molar-refractivity contribution >= 4 is 5.91 Å². The molecule has 1 amide bonds. The number of carbonyl (C=O) groups is 1. The number of carbonyl (C=O) groups excluding carboxylic acids is 1. The van der Waals surface area contributed by atoms with Gasteiger partial charge in [0, 0.05) is 19.6 Å². The number of amides is 1. The molecule has 1 atom stereocenters. The van der Waals surface area contributed by atoms with Crippen molar-refractivity contribution in [2.45, 2.75) is 52.7 Å². The maximum Gasteiger partial charge on any atom is 0.272 e. The highest BCUT2D eigenvalue weighted by Crippen LogP contribution is 2.16. The Morgan fingerprint density at radius 2 is 1.95 bits per heavy atom. The van der Waals surface area contributed by atoms with Crippen molar-refractivity contribution in [2.24, 2.45) is 7.05 Å². The molecule has 1 unspecified atom stereocenters. The van der Waals surface area contributed by atoms with E-state index in [1.807, 2.05) is 33.8 Å². The maximum atomic E-state index is 12.5. The number of hydrogen-bond acceptors (Lipinski definition) is 3. The standard InChI is InChI=1S/C14H25N3O2/c1-9(2)12-7-13(16(6)15-12)14(19)17(10(3)4)8-11(5)18/h7,9-11,18H,8H2,1-6H3. The van der Waals surface area contributed by atoms with Crippen LogP contribution in [0.1, 0.15) is 56.7 Å². The Bertz CT molecular complexity index is 436. The molecule has 0 aromatic carbocycles. The highest BCUT2D eigenvalue weighted by Gasteiger charge is 2.24. The fourth-order valence-electron chi connectivity index (χ4n) is 1.93. The van der Waals surface area contributed by atoms with Gasteiger partial charge in [0.2, 0.25) is 0 Å². The molecule has 1 heterocycles. The highest BCUT2D eigenvalue weighted by molar-refractivity contribution is 5.93. The van der Waals surface area contributed by atoms with E-state index < -0.39 is 6.10 Å². The van der Waals surface area contributed by atoms with Crippen molar-refractivity contribution in [3.63, 3.8) is 0 Å². The smallest absolute Gasteiger partial charge is 0.272 e. The largest absolute Gasteiger partial charge is 0.392 e. The third kappa shape index (κ3) is 3.80. The zero-order valence-corrected chi connectivity index (χ0v) is 12.7. The van der Waals surface area contributed by atoms with Crippen LogP contribution in [0.15, 0.2) is 6.07 Å². The Hall–Kier alpha value is -1.36. The van der Waals surface area contributed by atoms with Crippen molar-refractivity contribution in [3.05, 3.63) is 17.5 Å². The molecule has 5 nitrogen and oxygen atoms in total. The molecule has 0 fully saturated rings. The molecule has 108 valence electrons. The first-order chi connectivity index (χ1) is 8.73. The summed E-state index contributed by atoms with van der Waals surface area (Å²) in [5, 5.41) is 13.9. The Kier molecular flexibility index (Phi) is 5.11. The molecule has 1 rings (SSSR count). The minimum absolute atomic E-state index is 0.0412. The average molecular weight is 267 g/mol. The lowest BCUT2D eigenvalue weighted by Crippen LogP contribution is -2.42. The zero-order valence-electron chi connectivity index (χ0n) is 12.7. The van der Waals surface area contributed by atoms with E-state index in [2.05, 4.69) is 5.10 Å². The lowest BCUT2D eigenvalue weighted by molar-refractivity contribution is 0.0568. The van der Waals surface area contributed by atoms with Crippen molar-refractivity contribution in [3.8, 4) is 0 Å². The highest BCUT2D eigenvalue weighted by atomic mass is 16.3. The second-order valence-electron chi connectivity index (χ2n) is 5.63. The number of hydrogen-bond donors (Lipinski definition) is 1. The molecule has 0 bridgehead atoms. The minimum atomic E-state index is -0.538. The predicted molar refractivity (Wildman–Crippen MR) is 75.2 cm³/mol. The molecule has 0 saturated carbocycles. The second kappa shape index (κ2) is 6.19. The number of aliphatic hydroxyl groups is 1. The first-order valence-corrected chi connectivity index (χ1v) is 6.77. The van der Waals surface area contributed by atoms with Crippen LogP contribution in [0.2, 0.25) is 0 Å². The van der Waals surface area contributed by atoms with Crippen molar-refractivity contribution in [1.82, 2.24) is 14.7 Å². The van der Waals surface area contributed by atoms with Crippen LogP contribution >= 0.6 is 0 Å². The Morgan fingerprint density at radius 3 is 2.32 bits per heavy atom. The fraction of sp³-hybridized carbons (Fsp3) is 0.714. The van der Waals surface area contributed by atoms with Gasteiger partial charge in [0.15, 0.2) is 0 Å². The van der Waals surface area contributed by atoms with Crippen LogP contribution in [0.3, 0.4) is 0 Å². The van der Waals surface area contributed by atoms with E-state index in [0.29, 0.717) is 12.2 Å². The second-order valence-corrected chi connectivity index (χ2v) is 5.63. The van der Waals surface area contributed by atoms with E-state index in [1.165, 1.54) is 0 Å². The van der Waals surface area contributed by atoms with E-state index in [0.717, 1.165) is 5.69 Å². The number of aromatic nitrogens is 2. The summed E-state index contributed by atoms with van der Waals surface area (Å²) in [5.74, 6) is 0.204. The van der Waals surface area contributed by atoms with Crippen molar-refractivity contribution < 1.29 is 9.90 Å². The van der Waals surface area contributed by atoms with Gasteiger partial charge < -0.3 is 10.0 Å². The average Bonchev–Trinajstić information content (AvgIpc) is 2.67. The number of nitrogens with zero attached hydrogens (tertiary/aromatic N) is 3. The van der Waals surface area contributed by atoms with Gasteiger partial charge in [-0.3, -0.25) is 9.48 Å². The Morgan fingerprint density at radius 1 is 1.37 bits per heavy atom. The minimum Gasteiger partial charge on any atom is -0.392 e. The van der Waals surface area contributed by atoms with Crippen LogP contribution < -0.4 is 0 Å². The molecule has 5 heteroatoms. The summed E-state index contributed by atoms with van der Waals surface area (Å²) in [4.78, 5) is 14.2. The molecule has 0 saturated heterocycles. The van der Waals surface area contributed by atoms with E-state index in [9.17, 15) is 9.90 Å². The van der Waals surface area contributed by atoms with Gasteiger partial charge in [0.1, 0.15) is 5.69 Å². The molecule has 0 aliphatic rings. The monoisotopic (exact) mass is 267 g/mol. The van der Waals surface area contributed by atoms with Crippen LogP contribution in [0, 0.1) is 0 Å². The van der Waals surface area contributed by atoms with E-state index in [4.69, 9.17) is 0 Å². The molecular weight excluding hydrogens is 242 g/mol. The third-order valence-corrected chi connectivity index (χ3v) is 3.05. The molecule has 1 N–H and O–H groups in total. The molecule has 19 heavy (non-hydrogen) atoms. The van der Waals surface area contributed by atoms with E-state index in [1.54, 1.807) is 23.6 Å². The first kappa shape index (κ1) is 15.7. The van der Waals surface area contributed by atoms with Crippen LogP contribution in [0.4, 0.5) is 0 Å². The van der Waals surface area contributed by atoms with Crippen molar-refractivity contribution in [2.75, 3.05) is 6.54 Å². The summed E-state index contributed by atoms with van der Waals surface area (Å²) in [5.41, 5.74) is 1.48. The van der Waals surface area contributed by atoms with E-state index >= 15 is 0 Å². The summed E-state index contributed by atoms with van der Waals surface area (Å²) in [6.07, 6.45) is -0.538. The molecule has 0 aliphatic heterocycles. The summed E-state index contributed by atoms with van der Waals surface area (Å²) < 4.78 is 1.62. The summed E-state index contributed by atoms with van der Waals surface area (Å²) in [6.45, 7) is 10.0. The van der Waals surface area contributed by atoms with Crippen molar-refractivity contribution in [1.29, 1.82) is 0 Å². The molecule has 0 spiro atoms. The third-order valence-electron chi connectivity index (χ3n) is 3.05. The van der Waals surface area contributed by atoms with Gasteiger partial charge in [-0.2, -0.15) is 5.10 Å².